The Balaban J connectivity index is 1.42. The molecule has 5 nitrogen and oxygen atoms in total. The lowest BCUT2D eigenvalue weighted by Gasteiger charge is -2.09. The molecule has 0 amide bonds. The minimum absolute atomic E-state index is 0.555. The van der Waals surface area contributed by atoms with E-state index in [0.29, 0.717) is 6.67 Å². The van der Waals surface area contributed by atoms with E-state index in [1.54, 1.807) is 0 Å². The Morgan fingerprint density at radius 3 is 2.33 bits per heavy atom. The van der Waals surface area contributed by atoms with E-state index >= 15 is 0 Å². The van der Waals surface area contributed by atoms with Crippen LogP contribution < -0.4 is 10.1 Å². The zero-order valence-corrected chi connectivity index (χ0v) is 13.0. The molecule has 0 bridgehead atoms. The summed E-state index contributed by atoms with van der Waals surface area (Å²) in [5.41, 5.74) is 2.90. The third kappa shape index (κ3) is 3.05. The second-order valence-electron chi connectivity index (χ2n) is 5.35. The number of ether oxygens (including phenoxy) is 1. The molecule has 1 N–H and O–H groups in total. The maximum absolute atomic E-state index is 5.79. The van der Waals surface area contributed by atoms with Crippen LogP contribution in [-0.4, -0.2) is 15.0 Å². The fourth-order valence-electron chi connectivity index (χ4n) is 2.47. The number of nitrogens with zero attached hydrogens (tertiary/aromatic N) is 3. The molecule has 0 aliphatic heterocycles. The van der Waals surface area contributed by atoms with E-state index in [1.807, 2.05) is 83.5 Å². The molecule has 4 rings (SSSR count). The zero-order valence-electron chi connectivity index (χ0n) is 13.0. The quantitative estimate of drug-likeness (QED) is 0.596. The van der Waals surface area contributed by atoms with Gasteiger partial charge in [0.05, 0.1) is 5.52 Å². The van der Waals surface area contributed by atoms with Crippen molar-refractivity contribution >= 4 is 16.7 Å². The fourth-order valence-corrected chi connectivity index (χ4v) is 2.47. The number of para-hydroxylation sites is 2. The fraction of sp³-hybridized carbons (Fsp3) is 0.0526. The average Bonchev–Trinajstić information content (AvgIpc) is 3.05. The van der Waals surface area contributed by atoms with Crippen LogP contribution in [0.25, 0.3) is 11.0 Å². The lowest BCUT2D eigenvalue weighted by atomic mass is 10.3. The molecule has 0 spiro atoms. The number of fused-ring (bicyclic) bond motifs is 1. The molecule has 5 heteroatoms. The molecule has 4 aromatic rings. The van der Waals surface area contributed by atoms with Crippen molar-refractivity contribution in [2.75, 3.05) is 5.32 Å². The van der Waals surface area contributed by atoms with Gasteiger partial charge in [-0.15, -0.1) is 5.10 Å². The maximum atomic E-state index is 5.79. The molecule has 0 unspecified atom stereocenters. The van der Waals surface area contributed by atoms with Gasteiger partial charge in [-0.3, -0.25) is 0 Å². The number of hydrogen-bond acceptors (Lipinski definition) is 4. The Morgan fingerprint density at radius 1 is 0.792 bits per heavy atom. The summed E-state index contributed by atoms with van der Waals surface area (Å²) in [6, 6.07) is 25.5. The zero-order chi connectivity index (χ0) is 16.2. The summed E-state index contributed by atoms with van der Waals surface area (Å²) < 4.78 is 7.62. The van der Waals surface area contributed by atoms with Crippen molar-refractivity contribution < 1.29 is 4.74 Å². The number of aromatic nitrogens is 3. The number of hydrogen-bond donors (Lipinski definition) is 1. The highest BCUT2D eigenvalue weighted by molar-refractivity contribution is 5.73. The first kappa shape index (κ1) is 14.3. The predicted octanol–water partition coefficient (Wildman–Crippen LogP) is 4.29. The first-order valence-electron chi connectivity index (χ1n) is 7.73. The van der Waals surface area contributed by atoms with Crippen LogP contribution in [0.5, 0.6) is 11.5 Å². The molecule has 0 saturated carbocycles. The van der Waals surface area contributed by atoms with Gasteiger partial charge in [0, 0.05) is 5.69 Å². The molecule has 3 aromatic carbocycles. The smallest absolute Gasteiger partial charge is 0.127 e. The molecule has 0 aliphatic carbocycles. The van der Waals surface area contributed by atoms with Gasteiger partial charge in [0.1, 0.15) is 23.7 Å². The van der Waals surface area contributed by atoms with Crippen LogP contribution in [-0.2, 0) is 6.67 Å². The molecule has 0 saturated heterocycles. The summed E-state index contributed by atoms with van der Waals surface area (Å²) in [6.45, 7) is 0.555. The third-order valence-corrected chi connectivity index (χ3v) is 3.69. The second kappa shape index (κ2) is 6.42. The lowest BCUT2D eigenvalue weighted by molar-refractivity contribution is 0.483. The summed E-state index contributed by atoms with van der Waals surface area (Å²) >= 11 is 0. The Kier molecular flexibility index (Phi) is 3.81. The summed E-state index contributed by atoms with van der Waals surface area (Å²) in [7, 11) is 0. The highest BCUT2D eigenvalue weighted by atomic mass is 16.5. The van der Waals surface area contributed by atoms with E-state index in [9.17, 15) is 0 Å². The van der Waals surface area contributed by atoms with Gasteiger partial charge in [0.2, 0.25) is 0 Å². The van der Waals surface area contributed by atoms with Crippen molar-refractivity contribution in [2.45, 2.75) is 6.67 Å². The van der Waals surface area contributed by atoms with Crippen LogP contribution >= 0.6 is 0 Å². The van der Waals surface area contributed by atoms with Crippen molar-refractivity contribution in [1.82, 2.24) is 15.0 Å². The molecule has 1 heterocycles. The van der Waals surface area contributed by atoms with Gasteiger partial charge in [-0.05, 0) is 48.5 Å². The molecular weight excluding hydrogens is 300 g/mol. The molecular formula is C19H16N4O. The number of rotatable bonds is 5. The van der Waals surface area contributed by atoms with E-state index in [1.165, 1.54) is 0 Å². The molecule has 0 fully saturated rings. The SMILES string of the molecule is c1ccc(Oc2ccc(NCn3nnc4ccccc43)cc2)cc1. The minimum atomic E-state index is 0.555. The summed E-state index contributed by atoms with van der Waals surface area (Å²) in [4.78, 5) is 0. The monoisotopic (exact) mass is 316 g/mol. The molecule has 0 radical (unpaired) electrons. The summed E-state index contributed by atoms with van der Waals surface area (Å²) in [5.74, 6) is 1.63. The van der Waals surface area contributed by atoms with Gasteiger partial charge < -0.3 is 10.1 Å². The largest absolute Gasteiger partial charge is 0.457 e. The highest BCUT2D eigenvalue weighted by Gasteiger charge is 2.03. The molecule has 0 aliphatic rings. The standard InChI is InChI=1S/C19H16N4O/c1-2-6-16(7-3-1)24-17-12-10-15(11-13-17)20-14-23-19-9-5-4-8-18(19)21-22-23/h1-13,20H,14H2. The normalized spacial score (nSPS) is 10.7. The van der Waals surface area contributed by atoms with Crippen LogP contribution in [0.4, 0.5) is 5.69 Å². The van der Waals surface area contributed by atoms with Gasteiger partial charge >= 0.3 is 0 Å². The van der Waals surface area contributed by atoms with Crippen molar-refractivity contribution in [3.8, 4) is 11.5 Å². The first-order chi connectivity index (χ1) is 11.9. The molecule has 0 atom stereocenters. The van der Waals surface area contributed by atoms with E-state index in [-0.39, 0.29) is 0 Å². The van der Waals surface area contributed by atoms with Gasteiger partial charge in [-0.2, -0.15) is 0 Å². The first-order valence-corrected chi connectivity index (χ1v) is 7.73. The summed E-state index contributed by atoms with van der Waals surface area (Å²) in [6.07, 6.45) is 0. The topological polar surface area (TPSA) is 52.0 Å². The van der Waals surface area contributed by atoms with Crippen LogP contribution in [0.3, 0.4) is 0 Å². The van der Waals surface area contributed by atoms with Gasteiger partial charge in [0.15, 0.2) is 0 Å². The van der Waals surface area contributed by atoms with E-state index in [4.69, 9.17) is 4.74 Å². The minimum Gasteiger partial charge on any atom is -0.457 e. The molecule has 1 aromatic heterocycles. The maximum Gasteiger partial charge on any atom is 0.127 e. The second-order valence-corrected chi connectivity index (χ2v) is 5.35. The summed E-state index contributed by atoms with van der Waals surface area (Å²) in [5, 5.41) is 11.6. The Hall–Kier alpha value is -3.34. The third-order valence-electron chi connectivity index (χ3n) is 3.69. The lowest BCUT2D eigenvalue weighted by Crippen LogP contribution is -2.09. The van der Waals surface area contributed by atoms with Crippen LogP contribution in [0.2, 0.25) is 0 Å². The van der Waals surface area contributed by atoms with Crippen LogP contribution in [0.15, 0.2) is 78.9 Å². The van der Waals surface area contributed by atoms with Crippen molar-refractivity contribution in [2.24, 2.45) is 0 Å². The van der Waals surface area contributed by atoms with E-state index in [2.05, 4.69) is 15.6 Å². The van der Waals surface area contributed by atoms with E-state index in [0.717, 1.165) is 28.2 Å². The van der Waals surface area contributed by atoms with Gasteiger partial charge in [-0.1, -0.05) is 35.5 Å². The number of benzene rings is 3. The van der Waals surface area contributed by atoms with Gasteiger partial charge in [0.25, 0.3) is 0 Å². The highest BCUT2D eigenvalue weighted by Crippen LogP contribution is 2.22. The van der Waals surface area contributed by atoms with Crippen molar-refractivity contribution in [3.05, 3.63) is 78.9 Å². The number of anilines is 1. The Morgan fingerprint density at radius 2 is 1.50 bits per heavy atom. The van der Waals surface area contributed by atoms with Crippen molar-refractivity contribution in [3.63, 3.8) is 0 Å². The Bertz CT molecular complexity index is 932. The van der Waals surface area contributed by atoms with Gasteiger partial charge in [-0.25, -0.2) is 4.68 Å². The van der Waals surface area contributed by atoms with Crippen molar-refractivity contribution in [1.29, 1.82) is 0 Å². The van der Waals surface area contributed by atoms with E-state index < -0.39 is 0 Å². The number of nitrogens with one attached hydrogen (secondary N) is 1. The van der Waals surface area contributed by atoms with Crippen LogP contribution in [0, 0.1) is 0 Å². The molecule has 118 valence electrons. The van der Waals surface area contributed by atoms with Crippen LogP contribution in [0.1, 0.15) is 0 Å². The average molecular weight is 316 g/mol. The predicted molar refractivity (Wildman–Crippen MR) is 94.1 cm³/mol. The molecule has 24 heavy (non-hydrogen) atoms. The Labute approximate surface area is 139 Å².